The molecule has 0 aliphatic heterocycles. The number of carboxylic acid groups (broad SMARTS) is 1. The number of amides is 1. The van der Waals surface area contributed by atoms with Crippen molar-refractivity contribution < 1.29 is 14.7 Å². The zero-order chi connectivity index (χ0) is 13.0. The van der Waals surface area contributed by atoms with Gasteiger partial charge in [-0.1, -0.05) is 18.5 Å². The van der Waals surface area contributed by atoms with Gasteiger partial charge in [-0.15, -0.1) is 0 Å². The number of nitrogens with one attached hydrogen (secondary N) is 1. The molecule has 1 atom stereocenters. The molecule has 0 saturated carbocycles. The molecule has 17 heavy (non-hydrogen) atoms. The Morgan fingerprint density at radius 2 is 2.18 bits per heavy atom. The Hall–Kier alpha value is -1.07. The Morgan fingerprint density at radius 3 is 2.71 bits per heavy atom. The number of aliphatic carboxylic acids is 1. The van der Waals surface area contributed by atoms with Crippen LogP contribution >= 0.6 is 27.5 Å². The Labute approximate surface area is 112 Å². The normalized spacial score (nSPS) is 11.9. The maximum absolute atomic E-state index is 11.7. The van der Waals surface area contributed by atoms with Gasteiger partial charge in [0, 0.05) is 16.0 Å². The molecular weight excluding hydrogens is 309 g/mol. The van der Waals surface area contributed by atoms with Gasteiger partial charge in [0.15, 0.2) is 0 Å². The quantitative estimate of drug-likeness (QED) is 0.896. The summed E-state index contributed by atoms with van der Waals surface area (Å²) in [6.07, 6.45) is 0. The highest BCUT2D eigenvalue weighted by Gasteiger charge is 2.14. The summed E-state index contributed by atoms with van der Waals surface area (Å²) in [5.41, 5.74) is 0.423. The van der Waals surface area contributed by atoms with Crippen LogP contribution in [0.15, 0.2) is 22.7 Å². The molecule has 92 valence electrons. The van der Waals surface area contributed by atoms with Gasteiger partial charge >= 0.3 is 5.97 Å². The van der Waals surface area contributed by atoms with E-state index in [2.05, 4.69) is 21.2 Å². The second-order valence-corrected chi connectivity index (χ2v) is 4.86. The third-order valence-corrected chi connectivity index (χ3v) is 3.06. The summed E-state index contributed by atoms with van der Waals surface area (Å²) in [4.78, 5) is 22.3. The number of carboxylic acids is 1. The van der Waals surface area contributed by atoms with Gasteiger partial charge in [-0.3, -0.25) is 9.59 Å². The second kappa shape index (κ2) is 6.02. The van der Waals surface area contributed by atoms with Crippen molar-refractivity contribution >= 4 is 39.4 Å². The van der Waals surface area contributed by atoms with Crippen molar-refractivity contribution in [2.45, 2.75) is 6.92 Å². The Balaban J connectivity index is 2.67. The van der Waals surface area contributed by atoms with Gasteiger partial charge in [0.25, 0.3) is 5.91 Å². The van der Waals surface area contributed by atoms with E-state index in [0.29, 0.717) is 15.1 Å². The van der Waals surface area contributed by atoms with Gasteiger partial charge in [0.1, 0.15) is 0 Å². The second-order valence-electron chi connectivity index (χ2n) is 3.57. The van der Waals surface area contributed by atoms with Crippen molar-refractivity contribution in [2.75, 3.05) is 6.54 Å². The largest absolute Gasteiger partial charge is 0.481 e. The SMILES string of the molecule is CC(CNC(=O)c1ccc(Cl)cc1Br)C(=O)O. The lowest BCUT2D eigenvalue weighted by atomic mass is 10.1. The lowest BCUT2D eigenvalue weighted by Gasteiger charge is -2.09. The number of halogens is 2. The molecule has 0 fully saturated rings. The molecule has 0 spiro atoms. The smallest absolute Gasteiger partial charge is 0.308 e. The van der Waals surface area contributed by atoms with Crippen LogP contribution in [0.1, 0.15) is 17.3 Å². The van der Waals surface area contributed by atoms with Crippen LogP contribution in [0.5, 0.6) is 0 Å². The van der Waals surface area contributed by atoms with Crippen LogP contribution in [0.2, 0.25) is 5.02 Å². The molecule has 1 unspecified atom stereocenters. The highest BCUT2D eigenvalue weighted by Crippen LogP contribution is 2.21. The molecule has 4 nitrogen and oxygen atoms in total. The lowest BCUT2D eigenvalue weighted by Crippen LogP contribution is -2.31. The molecule has 2 N–H and O–H groups in total. The van der Waals surface area contributed by atoms with Gasteiger partial charge in [-0.25, -0.2) is 0 Å². The van der Waals surface area contributed by atoms with Crippen LogP contribution in [0.3, 0.4) is 0 Å². The number of benzene rings is 1. The van der Waals surface area contributed by atoms with Crippen molar-refractivity contribution in [1.29, 1.82) is 0 Å². The Bertz CT molecular complexity index is 450. The fourth-order valence-electron chi connectivity index (χ4n) is 1.10. The summed E-state index contributed by atoms with van der Waals surface area (Å²) < 4.78 is 0.575. The molecule has 1 aromatic carbocycles. The first-order valence-electron chi connectivity index (χ1n) is 4.88. The predicted molar refractivity (Wildman–Crippen MR) is 68.3 cm³/mol. The monoisotopic (exact) mass is 319 g/mol. The predicted octanol–water partition coefficient (Wildman–Crippen LogP) is 2.55. The summed E-state index contributed by atoms with van der Waals surface area (Å²) in [5.74, 6) is -1.90. The lowest BCUT2D eigenvalue weighted by molar-refractivity contribution is -0.140. The average molecular weight is 321 g/mol. The van der Waals surface area contributed by atoms with Crippen LogP contribution in [-0.2, 0) is 4.79 Å². The molecule has 0 aliphatic carbocycles. The van der Waals surface area contributed by atoms with Crippen molar-refractivity contribution in [3.8, 4) is 0 Å². The summed E-state index contributed by atoms with van der Waals surface area (Å²) in [6.45, 7) is 1.61. The third-order valence-electron chi connectivity index (χ3n) is 2.17. The molecule has 1 rings (SSSR count). The van der Waals surface area contributed by atoms with E-state index in [4.69, 9.17) is 16.7 Å². The molecule has 1 amide bonds. The van der Waals surface area contributed by atoms with Gasteiger partial charge < -0.3 is 10.4 Å². The number of rotatable bonds is 4. The molecule has 0 aromatic heterocycles. The Morgan fingerprint density at radius 1 is 1.53 bits per heavy atom. The van der Waals surface area contributed by atoms with E-state index in [1.807, 2.05) is 0 Å². The van der Waals surface area contributed by atoms with Crippen LogP contribution in [0.25, 0.3) is 0 Å². The van der Waals surface area contributed by atoms with E-state index >= 15 is 0 Å². The zero-order valence-corrected chi connectivity index (χ0v) is 11.4. The van der Waals surface area contributed by atoms with Crippen molar-refractivity contribution in [2.24, 2.45) is 5.92 Å². The van der Waals surface area contributed by atoms with Crippen LogP contribution in [0.4, 0.5) is 0 Å². The summed E-state index contributed by atoms with van der Waals surface area (Å²) >= 11 is 8.97. The first-order valence-corrected chi connectivity index (χ1v) is 6.05. The summed E-state index contributed by atoms with van der Waals surface area (Å²) in [5, 5.41) is 11.7. The standard InChI is InChI=1S/C11H11BrClNO3/c1-6(11(16)17)5-14-10(15)8-3-2-7(13)4-9(8)12/h2-4,6H,5H2,1H3,(H,14,15)(H,16,17). The van der Waals surface area contributed by atoms with Crippen LogP contribution < -0.4 is 5.32 Å². The molecule has 0 heterocycles. The van der Waals surface area contributed by atoms with E-state index in [1.165, 1.54) is 6.92 Å². The zero-order valence-electron chi connectivity index (χ0n) is 9.04. The highest BCUT2D eigenvalue weighted by molar-refractivity contribution is 9.10. The summed E-state index contributed by atoms with van der Waals surface area (Å²) in [6, 6.07) is 4.78. The minimum atomic E-state index is -0.944. The molecule has 0 saturated heterocycles. The number of carbonyl (C=O) groups is 2. The van der Waals surface area contributed by atoms with E-state index in [0.717, 1.165) is 0 Å². The van der Waals surface area contributed by atoms with Crippen LogP contribution in [0, 0.1) is 5.92 Å². The summed E-state index contributed by atoms with van der Waals surface area (Å²) in [7, 11) is 0. The molecular formula is C11H11BrClNO3. The van der Waals surface area contributed by atoms with E-state index in [-0.39, 0.29) is 12.5 Å². The average Bonchev–Trinajstić information content (AvgIpc) is 2.25. The molecule has 1 aromatic rings. The van der Waals surface area contributed by atoms with Gasteiger partial charge in [0.05, 0.1) is 11.5 Å². The maximum Gasteiger partial charge on any atom is 0.308 e. The minimum absolute atomic E-state index is 0.0865. The molecule has 0 bridgehead atoms. The van der Waals surface area contributed by atoms with Crippen LogP contribution in [-0.4, -0.2) is 23.5 Å². The maximum atomic E-state index is 11.7. The van der Waals surface area contributed by atoms with Gasteiger partial charge in [-0.2, -0.15) is 0 Å². The molecule has 6 heteroatoms. The topological polar surface area (TPSA) is 66.4 Å². The van der Waals surface area contributed by atoms with E-state index in [9.17, 15) is 9.59 Å². The van der Waals surface area contributed by atoms with Crippen molar-refractivity contribution in [3.05, 3.63) is 33.3 Å². The number of hydrogen-bond acceptors (Lipinski definition) is 2. The number of carbonyl (C=O) groups excluding carboxylic acids is 1. The Kier molecular flexibility index (Phi) is 4.96. The van der Waals surface area contributed by atoms with Crippen molar-refractivity contribution in [3.63, 3.8) is 0 Å². The van der Waals surface area contributed by atoms with E-state index in [1.54, 1.807) is 18.2 Å². The fourth-order valence-corrected chi connectivity index (χ4v) is 1.96. The number of hydrogen-bond donors (Lipinski definition) is 2. The third kappa shape index (κ3) is 4.02. The molecule has 0 aliphatic rings. The minimum Gasteiger partial charge on any atom is -0.481 e. The van der Waals surface area contributed by atoms with Gasteiger partial charge in [0.2, 0.25) is 0 Å². The first-order chi connectivity index (χ1) is 7.91. The highest BCUT2D eigenvalue weighted by atomic mass is 79.9. The molecule has 0 radical (unpaired) electrons. The van der Waals surface area contributed by atoms with Gasteiger partial charge in [-0.05, 0) is 34.1 Å². The first kappa shape index (κ1) is 14.0. The van der Waals surface area contributed by atoms with Crippen molar-refractivity contribution in [1.82, 2.24) is 5.32 Å². The fraction of sp³-hybridized carbons (Fsp3) is 0.273. The van der Waals surface area contributed by atoms with E-state index < -0.39 is 11.9 Å².